The van der Waals surface area contributed by atoms with E-state index in [9.17, 15) is 13.2 Å². The Hall–Kier alpha value is -1.48. The standard InChI is InChI=1S/C15H24N2O5S/c1-11-5-6-13(23(19,20)17-12(2)10-22-4)9-14(11)15(18)16-7-8-21-3/h5-6,9,12,17H,7-8,10H2,1-4H3,(H,16,18)/t12-/m0/s1. The molecule has 0 heterocycles. The molecule has 0 aliphatic heterocycles. The Labute approximate surface area is 137 Å². The van der Waals surface area contributed by atoms with Crippen LogP contribution in [0.25, 0.3) is 0 Å². The van der Waals surface area contributed by atoms with Crippen LogP contribution < -0.4 is 10.0 Å². The fraction of sp³-hybridized carbons (Fsp3) is 0.533. The predicted molar refractivity (Wildman–Crippen MR) is 87.0 cm³/mol. The van der Waals surface area contributed by atoms with Gasteiger partial charge in [0, 0.05) is 32.4 Å². The summed E-state index contributed by atoms with van der Waals surface area (Å²) >= 11 is 0. The number of ether oxygens (including phenoxy) is 2. The van der Waals surface area contributed by atoms with Crippen molar-refractivity contribution < 1.29 is 22.7 Å². The maximum absolute atomic E-state index is 12.3. The smallest absolute Gasteiger partial charge is 0.251 e. The van der Waals surface area contributed by atoms with E-state index in [1.54, 1.807) is 19.9 Å². The van der Waals surface area contributed by atoms with Crippen molar-refractivity contribution in [3.05, 3.63) is 29.3 Å². The molecule has 0 radical (unpaired) electrons. The fourth-order valence-corrected chi connectivity index (χ4v) is 3.25. The molecular weight excluding hydrogens is 320 g/mol. The van der Waals surface area contributed by atoms with Crippen LogP contribution in [0.4, 0.5) is 0 Å². The average molecular weight is 344 g/mol. The number of amides is 1. The highest BCUT2D eigenvalue weighted by Crippen LogP contribution is 2.16. The topological polar surface area (TPSA) is 93.7 Å². The van der Waals surface area contributed by atoms with Crippen molar-refractivity contribution in [3.8, 4) is 0 Å². The maximum Gasteiger partial charge on any atom is 0.251 e. The fourth-order valence-electron chi connectivity index (χ4n) is 1.99. The lowest BCUT2D eigenvalue weighted by Gasteiger charge is -2.14. The summed E-state index contributed by atoms with van der Waals surface area (Å²) in [6.45, 7) is 4.46. The van der Waals surface area contributed by atoms with Crippen LogP contribution in [-0.2, 0) is 19.5 Å². The molecule has 1 atom stereocenters. The van der Waals surface area contributed by atoms with E-state index in [0.29, 0.717) is 24.3 Å². The summed E-state index contributed by atoms with van der Waals surface area (Å²) in [4.78, 5) is 12.2. The number of hydrogen-bond acceptors (Lipinski definition) is 5. The average Bonchev–Trinajstić information content (AvgIpc) is 2.47. The Kier molecular flexibility index (Phi) is 7.63. The molecule has 0 aromatic heterocycles. The molecule has 0 saturated carbocycles. The van der Waals surface area contributed by atoms with Gasteiger partial charge >= 0.3 is 0 Å². The van der Waals surface area contributed by atoms with Gasteiger partial charge in [-0.3, -0.25) is 4.79 Å². The number of methoxy groups -OCH3 is 2. The molecule has 0 spiro atoms. The van der Waals surface area contributed by atoms with Crippen molar-refractivity contribution in [2.45, 2.75) is 24.8 Å². The minimum atomic E-state index is -3.71. The van der Waals surface area contributed by atoms with E-state index >= 15 is 0 Å². The Morgan fingerprint density at radius 2 is 1.96 bits per heavy atom. The summed E-state index contributed by atoms with van der Waals surface area (Å²) in [5.41, 5.74) is 1.02. The molecule has 0 aliphatic carbocycles. The van der Waals surface area contributed by atoms with Gasteiger partial charge in [0.05, 0.1) is 18.1 Å². The lowest BCUT2D eigenvalue weighted by Crippen LogP contribution is -2.35. The Morgan fingerprint density at radius 1 is 1.26 bits per heavy atom. The molecule has 1 amide bonds. The molecule has 0 aliphatic rings. The number of benzene rings is 1. The van der Waals surface area contributed by atoms with E-state index in [-0.39, 0.29) is 23.5 Å². The minimum Gasteiger partial charge on any atom is -0.383 e. The summed E-state index contributed by atoms with van der Waals surface area (Å²) < 4.78 is 37.0. The van der Waals surface area contributed by atoms with Crippen LogP contribution in [0, 0.1) is 6.92 Å². The Morgan fingerprint density at radius 3 is 2.57 bits per heavy atom. The van der Waals surface area contributed by atoms with Crippen LogP contribution >= 0.6 is 0 Å². The van der Waals surface area contributed by atoms with Gasteiger partial charge in [-0.15, -0.1) is 0 Å². The number of nitrogens with one attached hydrogen (secondary N) is 2. The molecule has 1 aromatic carbocycles. The van der Waals surface area contributed by atoms with Gasteiger partial charge in [-0.2, -0.15) is 0 Å². The van der Waals surface area contributed by atoms with Crippen molar-refractivity contribution >= 4 is 15.9 Å². The van der Waals surface area contributed by atoms with Crippen LogP contribution in [0.15, 0.2) is 23.1 Å². The number of hydrogen-bond donors (Lipinski definition) is 2. The number of aryl methyl sites for hydroxylation is 1. The first kappa shape index (κ1) is 19.6. The minimum absolute atomic E-state index is 0.0444. The molecule has 0 bridgehead atoms. The third-order valence-electron chi connectivity index (χ3n) is 3.13. The summed E-state index contributed by atoms with van der Waals surface area (Å²) in [7, 11) is -0.676. The van der Waals surface area contributed by atoms with Gasteiger partial charge in [0.2, 0.25) is 10.0 Å². The van der Waals surface area contributed by atoms with Crippen LogP contribution in [-0.4, -0.2) is 54.3 Å². The van der Waals surface area contributed by atoms with Crippen molar-refractivity contribution in [2.75, 3.05) is 34.0 Å². The third kappa shape index (κ3) is 5.91. The van der Waals surface area contributed by atoms with Gasteiger partial charge in [-0.05, 0) is 31.5 Å². The van der Waals surface area contributed by atoms with Gasteiger partial charge in [0.1, 0.15) is 0 Å². The summed E-state index contributed by atoms with van der Waals surface area (Å²) in [5, 5.41) is 2.68. The highest BCUT2D eigenvalue weighted by Gasteiger charge is 2.20. The zero-order valence-electron chi connectivity index (χ0n) is 13.9. The molecule has 0 fully saturated rings. The summed E-state index contributed by atoms with van der Waals surface area (Å²) in [6, 6.07) is 4.09. The SMILES string of the molecule is COCCNC(=O)c1cc(S(=O)(=O)N[C@@H](C)COC)ccc1C. The Balaban J connectivity index is 2.97. The van der Waals surface area contributed by atoms with Gasteiger partial charge in [0.25, 0.3) is 5.91 Å². The molecule has 0 saturated heterocycles. The molecule has 2 N–H and O–H groups in total. The molecule has 130 valence electrons. The molecule has 23 heavy (non-hydrogen) atoms. The zero-order valence-corrected chi connectivity index (χ0v) is 14.7. The predicted octanol–water partition coefficient (Wildman–Crippen LogP) is 0.684. The lowest BCUT2D eigenvalue weighted by molar-refractivity contribution is 0.0936. The van der Waals surface area contributed by atoms with Crippen LogP contribution in [0.5, 0.6) is 0 Å². The van der Waals surface area contributed by atoms with Crippen molar-refractivity contribution in [3.63, 3.8) is 0 Å². The van der Waals surface area contributed by atoms with Gasteiger partial charge in [0.15, 0.2) is 0 Å². The lowest BCUT2D eigenvalue weighted by atomic mass is 10.1. The molecule has 7 nitrogen and oxygen atoms in total. The van der Waals surface area contributed by atoms with Crippen LogP contribution in [0.3, 0.4) is 0 Å². The number of sulfonamides is 1. The third-order valence-corrected chi connectivity index (χ3v) is 4.72. The largest absolute Gasteiger partial charge is 0.383 e. The monoisotopic (exact) mass is 344 g/mol. The molecule has 0 unspecified atom stereocenters. The highest BCUT2D eigenvalue weighted by atomic mass is 32.2. The number of rotatable bonds is 9. The van der Waals surface area contributed by atoms with Crippen LogP contribution in [0.2, 0.25) is 0 Å². The van der Waals surface area contributed by atoms with E-state index in [1.807, 2.05) is 0 Å². The van der Waals surface area contributed by atoms with E-state index in [4.69, 9.17) is 9.47 Å². The van der Waals surface area contributed by atoms with Crippen molar-refractivity contribution in [1.29, 1.82) is 0 Å². The first-order valence-corrected chi connectivity index (χ1v) is 8.69. The first-order chi connectivity index (χ1) is 10.8. The van der Waals surface area contributed by atoms with Gasteiger partial charge < -0.3 is 14.8 Å². The zero-order chi connectivity index (χ0) is 17.5. The summed E-state index contributed by atoms with van der Waals surface area (Å²) in [5.74, 6) is -0.332. The molecular formula is C15H24N2O5S. The van der Waals surface area contributed by atoms with E-state index in [1.165, 1.54) is 26.4 Å². The molecule has 1 rings (SSSR count). The second-order valence-corrected chi connectivity index (χ2v) is 6.92. The maximum atomic E-state index is 12.3. The van der Waals surface area contributed by atoms with Gasteiger partial charge in [-0.1, -0.05) is 6.07 Å². The van der Waals surface area contributed by atoms with Crippen molar-refractivity contribution in [2.24, 2.45) is 0 Å². The molecule has 8 heteroatoms. The Bertz CT molecular complexity index is 631. The number of carbonyl (C=O) groups excluding carboxylic acids is 1. The molecule has 1 aromatic rings. The summed E-state index contributed by atoms with van der Waals surface area (Å²) in [6.07, 6.45) is 0. The van der Waals surface area contributed by atoms with Gasteiger partial charge in [-0.25, -0.2) is 13.1 Å². The second kappa shape index (κ2) is 8.97. The number of carbonyl (C=O) groups is 1. The quantitative estimate of drug-likeness (QED) is 0.643. The van der Waals surface area contributed by atoms with Crippen LogP contribution in [0.1, 0.15) is 22.8 Å². The van der Waals surface area contributed by atoms with E-state index in [0.717, 1.165) is 0 Å². The second-order valence-electron chi connectivity index (χ2n) is 5.20. The van der Waals surface area contributed by atoms with E-state index < -0.39 is 10.0 Å². The highest BCUT2D eigenvalue weighted by molar-refractivity contribution is 7.89. The normalized spacial score (nSPS) is 12.9. The first-order valence-electron chi connectivity index (χ1n) is 7.21. The van der Waals surface area contributed by atoms with E-state index in [2.05, 4.69) is 10.0 Å². The van der Waals surface area contributed by atoms with Crippen molar-refractivity contribution in [1.82, 2.24) is 10.0 Å².